The molecule has 1 atom stereocenters. The van der Waals surface area contributed by atoms with Crippen LogP contribution in [0.2, 0.25) is 10.0 Å². The number of benzene rings is 1. The van der Waals surface area contributed by atoms with Gasteiger partial charge >= 0.3 is 6.03 Å². The van der Waals surface area contributed by atoms with Crippen molar-refractivity contribution in [2.45, 2.75) is 51.7 Å². The van der Waals surface area contributed by atoms with Gasteiger partial charge in [-0.25, -0.2) is 4.79 Å². The number of imide groups is 1. The Labute approximate surface area is 156 Å². The van der Waals surface area contributed by atoms with Gasteiger partial charge in [-0.1, -0.05) is 29.3 Å². The van der Waals surface area contributed by atoms with Gasteiger partial charge in [-0.2, -0.15) is 0 Å². The summed E-state index contributed by atoms with van der Waals surface area (Å²) in [5.41, 5.74) is 0.201. The van der Waals surface area contributed by atoms with Crippen molar-refractivity contribution in [3.8, 4) is 0 Å². The van der Waals surface area contributed by atoms with Gasteiger partial charge < -0.3 is 10.6 Å². The number of nitrogens with one attached hydrogen (secondary N) is 2. The van der Waals surface area contributed by atoms with Crippen LogP contribution in [0.5, 0.6) is 0 Å². The fourth-order valence-corrected chi connectivity index (χ4v) is 3.01. The molecule has 8 heteroatoms. The molecule has 1 saturated heterocycles. The first-order chi connectivity index (χ1) is 11.6. The first-order valence-electron chi connectivity index (χ1n) is 7.94. The molecule has 4 amide bonds. The normalized spacial score (nSPS) is 17.6. The van der Waals surface area contributed by atoms with E-state index in [2.05, 4.69) is 10.6 Å². The highest BCUT2D eigenvalue weighted by molar-refractivity contribution is 6.35. The number of nitrogens with zero attached hydrogens (tertiary/aromatic N) is 1. The predicted octanol–water partition coefficient (Wildman–Crippen LogP) is 3.11. The average Bonchev–Trinajstić information content (AvgIpc) is 2.86. The quantitative estimate of drug-likeness (QED) is 0.838. The third kappa shape index (κ3) is 5.09. The lowest BCUT2D eigenvalue weighted by Gasteiger charge is -2.27. The van der Waals surface area contributed by atoms with E-state index in [0.29, 0.717) is 22.0 Å². The summed E-state index contributed by atoms with van der Waals surface area (Å²) in [4.78, 5) is 37.8. The molecule has 1 heterocycles. The fraction of sp³-hybridized carbons (Fsp3) is 0.471. The zero-order chi connectivity index (χ0) is 18.8. The second-order valence-corrected chi connectivity index (χ2v) is 7.80. The molecular formula is C17H21Cl2N3O3. The molecule has 0 bridgehead atoms. The average molecular weight is 386 g/mol. The van der Waals surface area contributed by atoms with E-state index in [-0.39, 0.29) is 24.8 Å². The molecule has 0 saturated carbocycles. The molecule has 2 N–H and O–H groups in total. The van der Waals surface area contributed by atoms with E-state index < -0.39 is 17.6 Å². The van der Waals surface area contributed by atoms with Gasteiger partial charge in [0, 0.05) is 28.5 Å². The van der Waals surface area contributed by atoms with E-state index in [9.17, 15) is 14.4 Å². The molecule has 0 unspecified atom stereocenters. The van der Waals surface area contributed by atoms with Crippen molar-refractivity contribution in [1.29, 1.82) is 0 Å². The second-order valence-electron chi connectivity index (χ2n) is 6.95. The van der Waals surface area contributed by atoms with Crippen LogP contribution in [-0.4, -0.2) is 34.3 Å². The molecule has 1 aliphatic rings. The van der Waals surface area contributed by atoms with Crippen LogP contribution < -0.4 is 10.6 Å². The molecule has 0 aromatic heterocycles. The Kier molecular flexibility index (Phi) is 5.95. The standard InChI is InChI=1S/C17H21Cl2N3O3/c1-17(2,3)21-16(25)22-13(6-7-14(22)23)15(24)20-9-10-4-5-11(18)8-12(10)19/h4-5,8,13H,6-7,9H2,1-3H3,(H,20,24)(H,21,25)/t13-/m0/s1. The molecule has 1 aromatic rings. The van der Waals surface area contributed by atoms with Crippen LogP contribution in [0, 0.1) is 0 Å². The van der Waals surface area contributed by atoms with Crippen LogP contribution in [0.1, 0.15) is 39.2 Å². The molecule has 0 spiro atoms. The summed E-state index contributed by atoms with van der Waals surface area (Å²) in [7, 11) is 0. The zero-order valence-electron chi connectivity index (χ0n) is 14.4. The molecule has 2 rings (SSSR count). The summed E-state index contributed by atoms with van der Waals surface area (Å²) >= 11 is 11.9. The largest absolute Gasteiger partial charge is 0.350 e. The first-order valence-corrected chi connectivity index (χ1v) is 8.70. The van der Waals surface area contributed by atoms with Crippen LogP contribution in [0.25, 0.3) is 0 Å². The summed E-state index contributed by atoms with van der Waals surface area (Å²) in [6.45, 7) is 5.61. The van der Waals surface area contributed by atoms with E-state index in [4.69, 9.17) is 23.2 Å². The van der Waals surface area contributed by atoms with Gasteiger partial charge in [-0.05, 0) is 44.9 Å². The predicted molar refractivity (Wildman–Crippen MR) is 96.5 cm³/mol. The lowest BCUT2D eigenvalue weighted by Crippen LogP contribution is -2.54. The van der Waals surface area contributed by atoms with E-state index in [1.54, 1.807) is 18.2 Å². The van der Waals surface area contributed by atoms with E-state index >= 15 is 0 Å². The number of hydrogen-bond acceptors (Lipinski definition) is 3. The number of rotatable bonds is 3. The van der Waals surface area contributed by atoms with Crippen LogP contribution in [0.3, 0.4) is 0 Å². The number of urea groups is 1. The van der Waals surface area contributed by atoms with Crippen molar-refractivity contribution in [3.05, 3.63) is 33.8 Å². The molecule has 136 valence electrons. The Morgan fingerprint density at radius 2 is 1.96 bits per heavy atom. The van der Waals surface area contributed by atoms with Crippen LogP contribution >= 0.6 is 23.2 Å². The van der Waals surface area contributed by atoms with E-state index in [1.807, 2.05) is 20.8 Å². The number of likely N-dealkylation sites (tertiary alicyclic amines) is 1. The minimum atomic E-state index is -0.819. The Hall–Kier alpha value is -1.79. The monoisotopic (exact) mass is 385 g/mol. The molecular weight excluding hydrogens is 365 g/mol. The Bertz CT molecular complexity index is 701. The number of halogens is 2. The SMILES string of the molecule is CC(C)(C)NC(=O)N1C(=O)CC[C@H]1C(=O)NCc1ccc(Cl)cc1Cl. The van der Waals surface area contributed by atoms with Gasteiger partial charge in [-0.3, -0.25) is 14.5 Å². The number of carbonyl (C=O) groups excluding carboxylic acids is 3. The van der Waals surface area contributed by atoms with Crippen LogP contribution in [0.15, 0.2) is 18.2 Å². The number of carbonyl (C=O) groups is 3. The summed E-state index contributed by atoms with van der Waals surface area (Å²) in [5.74, 6) is -0.743. The smallest absolute Gasteiger partial charge is 0.325 e. The van der Waals surface area contributed by atoms with E-state index in [0.717, 1.165) is 4.90 Å². The molecule has 1 fully saturated rings. The van der Waals surface area contributed by atoms with Crippen molar-refractivity contribution < 1.29 is 14.4 Å². The van der Waals surface area contributed by atoms with E-state index in [1.165, 1.54) is 0 Å². The summed E-state index contributed by atoms with van der Waals surface area (Å²) in [6, 6.07) is 3.61. The third-order valence-corrected chi connectivity index (χ3v) is 4.27. The Balaban J connectivity index is 2.04. The molecule has 1 aromatic carbocycles. The highest BCUT2D eigenvalue weighted by atomic mass is 35.5. The first kappa shape index (κ1) is 19.5. The second kappa shape index (κ2) is 7.62. The van der Waals surface area contributed by atoms with Gasteiger partial charge in [0.05, 0.1) is 0 Å². The lowest BCUT2D eigenvalue weighted by atomic mass is 10.1. The van der Waals surface area contributed by atoms with Crippen LogP contribution in [0.4, 0.5) is 4.79 Å². The molecule has 0 aliphatic carbocycles. The summed E-state index contributed by atoms with van der Waals surface area (Å²) in [5, 5.41) is 6.39. The topological polar surface area (TPSA) is 78.5 Å². The van der Waals surface area contributed by atoms with Gasteiger partial charge in [0.15, 0.2) is 0 Å². The van der Waals surface area contributed by atoms with Gasteiger partial charge in [-0.15, -0.1) is 0 Å². The molecule has 0 radical (unpaired) electrons. The maximum atomic E-state index is 12.5. The fourth-order valence-electron chi connectivity index (χ4n) is 2.53. The molecule has 25 heavy (non-hydrogen) atoms. The molecule has 1 aliphatic heterocycles. The summed E-state index contributed by atoms with van der Waals surface area (Å²) in [6.07, 6.45) is 0.466. The highest BCUT2D eigenvalue weighted by Crippen LogP contribution is 2.22. The van der Waals surface area contributed by atoms with Crippen molar-refractivity contribution in [2.24, 2.45) is 0 Å². The lowest BCUT2D eigenvalue weighted by molar-refractivity contribution is -0.132. The van der Waals surface area contributed by atoms with Crippen molar-refractivity contribution in [1.82, 2.24) is 15.5 Å². The van der Waals surface area contributed by atoms with Gasteiger partial charge in [0.2, 0.25) is 11.8 Å². The van der Waals surface area contributed by atoms with Crippen molar-refractivity contribution in [2.75, 3.05) is 0 Å². The molecule has 6 nitrogen and oxygen atoms in total. The maximum absolute atomic E-state index is 12.5. The number of amides is 4. The van der Waals surface area contributed by atoms with Crippen molar-refractivity contribution >= 4 is 41.0 Å². The van der Waals surface area contributed by atoms with Crippen LogP contribution in [-0.2, 0) is 16.1 Å². The zero-order valence-corrected chi connectivity index (χ0v) is 15.9. The Morgan fingerprint density at radius 1 is 1.28 bits per heavy atom. The minimum Gasteiger partial charge on any atom is -0.350 e. The van der Waals surface area contributed by atoms with Gasteiger partial charge in [0.1, 0.15) is 6.04 Å². The number of hydrogen-bond donors (Lipinski definition) is 2. The highest BCUT2D eigenvalue weighted by Gasteiger charge is 2.41. The third-order valence-electron chi connectivity index (χ3n) is 3.68. The Morgan fingerprint density at radius 3 is 2.56 bits per heavy atom. The summed E-state index contributed by atoms with van der Waals surface area (Å²) < 4.78 is 0. The maximum Gasteiger partial charge on any atom is 0.325 e. The minimum absolute atomic E-state index is 0.164. The van der Waals surface area contributed by atoms with Gasteiger partial charge in [0.25, 0.3) is 0 Å². The van der Waals surface area contributed by atoms with Crippen molar-refractivity contribution in [3.63, 3.8) is 0 Å².